The van der Waals surface area contributed by atoms with E-state index < -0.39 is 27.5 Å². The van der Waals surface area contributed by atoms with Crippen molar-refractivity contribution in [3.63, 3.8) is 0 Å². The number of benzene rings is 2. The fourth-order valence-corrected chi connectivity index (χ4v) is 5.33. The van der Waals surface area contributed by atoms with E-state index in [0.717, 1.165) is 10.9 Å². The van der Waals surface area contributed by atoms with Crippen LogP contribution < -0.4 is 10.4 Å². The maximum Gasteiger partial charge on any atom is 0.336 e. The Labute approximate surface area is 184 Å². The van der Waals surface area contributed by atoms with Gasteiger partial charge in [0.1, 0.15) is 11.3 Å². The molecule has 0 saturated carbocycles. The molecular formula is C22H20ClNO6S. The molecule has 2 heterocycles. The molecule has 3 aromatic rings. The minimum Gasteiger partial charge on any atom is -0.426 e. The summed E-state index contributed by atoms with van der Waals surface area (Å²) in [7, 11) is -3.74. The summed E-state index contributed by atoms with van der Waals surface area (Å²) in [4.78, 5) is 24.5. The molecule has 0 unspecified atom stereocenters. The Hall–Kier alpha value is -2.68. The van der Waals surface area contributed by atoms with Crippen molar-refractivity contribution in [1.82, 2.24) is 4.31 Å². The van der Waals surface area contributed by atoms with Gasteiger partial charge in [-0.05, 0) is 61.7 Å². The highest BCUT2D eigenvalue weighted by atomic mass is 35.5. The van der Waals surface area contributed by atoms with Crippen molar-refractivity contribution in [2.24, 2.45) is 5.92 Å². The largest absolute Gasteiger partial charge is 0.426 e. The summed E-state index contributed by atoms with van der Waals surface area (Å²) in [5.41, 5.74) is 0.606. The zero-order valence-electron chi connectivity index (χ0n) is 16.7. The van der Waals surface area contributed by atoms with Crippen LogP contribution in [-0.4, -0.2) is 31.8 Å². The first-order valence-electron chi connectivity index (χ1n) is 9.76. The summed E-state index contributed by atoms with van der Waals surface area (Å²) in [5.74, 6) is -0.884. The van der Waals surface area contributed by atoms with Crippen LogP contribution >= 0.6 is 11.6 Å². The maximum atomic E-state index is 12.9. The number of esters is 1. The van der Waals surface area contributed by atoms with E-state index in [-0.39, 0.29) is 17.2 Å². The van der Waals surface area contributed by atoms with Crippen molar-refractivity contribution in [2.75, 3.05) is 13.1 Å². The Morgan fingerprint density at radius 1 is 1.16 bits per heavy atom. The lowest BCUT2D eigenvalue weighted by Crippen LogP contribution is -2.43. The van der Waals surface area contributed by atoms with Crippen LogP contribution in [0.3, 0.4) is 0 Å². The molecule has 1 saturated heterocycles. The zero-order chi connectivity index (χ0) is 22.2. The van der Waals surface area contributed by atoms with E-state index in [2.05, 4.69) is 0 Å². The van der Waals surface area contributed by atoms with Gasteiger partial charge in [0.15, 0.2) is 0 Å². The van der Waals surface area contributed by atoms with E-state index in [1.165, 1.54) is 40.7 Å². The number of fused-ring (bicyclic) bond motifs is 1. The number of rotatable bonds is 4. The van der Waals surface area contributed by atoms with Crippen molar-refractivity contribution in [1.29, 1.82) is 0 Å². The first-order chi connectivity index (χ1) is 14.7. The number of aryl methyl sites for hydroxylation is 1. The number of nitrogens with zero attached hydrogens (tertiary/aromatic N) is 1. The van der Waals surface area contributed by atoms with Crippen LogP contribution in [0.15, 0.2) is 62.6 Å². The van der Waals surface area contributed by atoms with E-state index in [1.807, 2.05) is 0 Å². The van der Waals surface area contributed by atoms with Gasteiger partial charge in [0, 0.05) is 35.6 Å². The number of carbonyl (C=O) groups excluding carboxylic acids is 1. The smallest absolute Gasteiger partial charge is 0.336 e. The Kier molecular flexibility index (Phi) is 5.88. The minimum absolute atomic E-state index is 0.0333. The molecule has 1 aliphatic rings. The van der Waals surface area contributed by atoms with Crippen LogP contribution in [0.1, 0.15) is 18.4 Å². The van der Waals surface area contributed by atoms with Crippen LogP contribution in [0.4, 0.5) is 0 Å². The Morgan fingerprint density at radius 3 is 2.65 bits per heavy atom. The molecule has 1 aliphatic heterocycles. The average molecular weight is 462 g/mol. The number of sulfonamides is 1. The lowest BCUT2D eigenvalue weighted by molar-refractivity contribution is -0.140. The Bertz CT molecular complexity index is 1300. The lowest BCUT2D eigenvalue weighted by atomic mass is 10.00. The molecular weight excluding hydrogens is 442 g/mol. The van der Waals surface area contributed by atoms with E-state index in [9.17, 15) is 18.0 Å². The van der Waals surface area contributed by atoms with Gasteiger partial charge in [-0.1, -0.05) is 11.6 Å². The third-order valence-electron chi connectivity index (χ3n) is 5.31. The summed E-state index contributed by atoms with van der Waals surface area (Å²) in [6, 6.07) is 12.2. The van der Waals surface area contributed by atoms with Crippen LogP contribution in [0, 0.1) is 12.8 Å². The molecule has 1 fully saturated rings. The molecule has 1 aromatic heterocycles. The molecule has 2 aromatic carbocycles. The molecule has 0 amide bonds. The molecule has 162 valence electrons. The quantitative estimate of drug-likeness (QED) is 0.333. The SMILES string of the molecule is Cc1cc(=O)oc2cc(OC(=O)[C@H]3CCCN(S(=O)(=O)c4ccc(Cl)cc4)C3)ccc12. The standard InChI is InChI=1S/C22H20ClNO6S/c1-14-11-21(25)30-20-12-17(6-9-19(14)20)29-22(26)15-3-2-10-24(13-15)31(27,28)18-7-4-16(23)5-8-18/h4-9,11-12,15H,2-3,10,13H2,1H3/t15-/m0/s1. The number of piperidine rings is 1. The van der Waals surface area contributed by atoms with Gasteiger partial charge in [0.25, 0.3) is 0 Å². The number of hydrogen-bond acceptors (Lipinski definition) is 6. The summed E-state index contributed by atoms with van der Waals surface area (Å²) >= 11 is 5.85. The van der Waals surface area contributed by atoms with Crippen molar-refractivity contribution in [3.8, 4) is 5.75 Å². The third-order valence-corrected chi connectivity index (χ3v) is 7.44. The second-order valence-electron chi connectivity index (χ2n) is 7.48. The van der Waals surface area contributed by atoms with Crippen LogP contribution in [0.2, 0.25) is 5.02 Å². The summed E-state index contributed by atoms with van der Waals surface area (Å²) in [6.07, 6.45) is 1.06. The summed E-state index contributed by atoms with van der Waals surface area (Å²) in [6.45, 7) is 2.16. The van der Waals surface area contributed by atoms with Gasteiger partial charge < -0.3 is 9.15 Å². The summed E-state index contributed by atoms with van der Waals surface area (Å²) in [5, 5.41) is 1.19. The molecule has 0 N–H and O–H groups in total. The van der Waals surface area contributed by atoms with Crippen LogP contribution in [0.25, 0.3) is 11.0 Å². The van der Waals surface area contributed by atoms with Crippen molar-refractivity contribution in [2.45, 2.75) is 24.7 Å². The molecule has 7 nitrogen and oxygen atoms in total. The monoisotopic (exact) mass is 461 g/mol. The molecule has 1 atom stereocenters. The van der Waals surface area contributed by atoms with Crippen molar-refractivity contribution >= 4 is 38.6 Å². The molecule has 0 spiro atoms. The lowest BCUT2D eigenvalue weighted by Gasteiger charge is -2.30. The highest BCUT2D eigenvalue weighted by Crippen LogP contribution is 2.27. The van der Waals surface area contributed by atoms with E-state index in [4.69, 9.17) is 20.8 Å². The molecule has 0 aliphatic carbocycles. The third kappa shape index (κ3) is 4.51. The van der Waals surface area contributed by atoms with Gasteiger partial charge in [-0.15, -0.1) is 0 Å². The predicted molar refractivity (Wildman–Crippen MR) is 116 cm³/mol. The van der Waals surface area contributed by atoms with Crippen LogP contribution in [-0.2, 0) is 14.8 Å². The topological polar surface area (TPSA) is 93.9 Å². The average Bonchev–Trinajstić information content (AvgIpc) is 2.73. The van der Waals surface area contributed by atoms with E-state index in [0.29, 0.717) is 30.0 Å². The highest BCUT2D eigenvalue weighted by Gasteiger charge is 2.34. The molecule has 31 heavy (non-hydrogen) atoms. The predicted octanol–water partition coefficient (Wildman–Crippen LogP) is 3.76. The first-order valence-corrected chi connectivity index (χ1v) is 11.6. The van der Waals surface area contributed by atoms with Crippen molar-refractivity contribution < 1.29 is 22.4 Å². The fraction of sp³-hybridized carbons (Fsp3) is 0.273. The van der Waals surface area contributed by atoms with Gasteiger partial charge in [-0.25, -0.2) is 13.2 Å². The van der Waals surface area contributed by atoms with Gasteiger partial charge in [-0.3, -0.25) is 4.79 Å². The number of hydrogen-bond donors (Lipinski definition) is 0. The van der Waals surface area contributed by atoms with Crippen LogP contribution in [0.5, 0.6) is 5.75 Å². The Morgan fingerprint density at radius 2 is 1.90 bits per heavy atom. The van der Waals surface area contributed by atoms with Gasteiger partial charge >= 0.3 is 11.6 Å². The molecule has 9 heteroatoms. The molecule has 4 rings (SSSR count). The second kappa shape index (κ2) is 8.45. The van der Waals surface area contributed by atoms with Gasteiger partial charge in [0.05, 0.1) is 10.8 Å². The highest BCUT2D eigenvalue weighted by molar-refractivity contribution is 7.89. The number of ether oxygens (including phenoxy) is 1. The zero-order valence-corrected chi connectivity index (χ0v) is 18.3. The second-order valence-corrected chi connectivity index (χ2v) is 9.86. The normalized spacial score (nSPS) is 17.5. The van der Waals surface area contributed by atoms with Gasteiger partial charge in [0.2, 0.25) is 10.0 Å². The number of halogens is 1. The number of carbonyl (C=O) groups is 1. The fourth-order valence-electron chi connectivity index (χ4n) is 3.68. The van der Waals surface area contributed by atoms with E-state index in [1.54, 1.807) is 19.1 Å². The minimum atomic E-state index is -3.74. The van der Waals surface area contributed by atoms with Crippen molar-refractivity contribution in [3.05, 3.63) is 69.5 Å². The molecule has 0 bridgehead atoms. The molecule has 0 radical (unpaired) electrons. The maximum absolute atomic E-state index is 12.9. The Balaban J connectivity index is 1.51. The van der Waals surface area contributed by atoms with Gasteiger partial charge in [-0.2, -0.15) is 4.31 Å². The summed E-state index contributed by atoms with van der Waals surface area (Å²) < 4.78 is 37.8. The van der Waals surface area contributed by atoms with E-state index >= 15 is 0 Å². The first kappa shape index (κ1) is 21.5.